The number of carboxylic acid groups (broad SMARTS) is 1. The first-order chi connectivity index (χ1) is 18.9. The molecule has 1 aliphatic heterocycles. The van der Waals surface area contributed by atoms with E-state index < -0.39 is 22.8 Å². The van der Waals surface area contributed by atoms with Crippen LogP contribution in [-0.2, 0) is 6.54 Å². The van der Waals surface area contributed by atoms with Gasteiger partial charge in [0.2, 0.25) is 5.43 Å². The lowest BCUT2D eigenvalue weighted by Gasteiger charge is -2.27. The van der Waals surface area contributed by atoms with E-state index in [1.54, 1.807) is 29.9 Å². The van der Waals surface area contributed by atoms with Crippen LogP contribution in [0.2, 0.25) is 0 Å². The fourth-order valence-corrected chi connectivity index (χ4v) is 5.04. The first kappa shape index (κ1) is 26.0. The van der Waals surface area contributed by atoms with Crippen molar-refractivity contribution in [3.05, 3.63) is 88.0 Å². The van der Waals surface area contributed by atoms with Gasteiger partial charge in [-0.15, -0.1) is 0 Å². The number of anilines is 2. The van der Waals surface area contributed by atoms with Crippen molar-refractivity contribution in [1.82, 2.24) is 9.55 Å². The summed E-state index contributed by atoms with van der Waals surface area (Å²) in [5.41, 5.74) is 0.631. The normalized spacial score (nSPS) is 14.9. The molecule has 0 unspecified atom stereocenters. The average Bonchev–Trinajstić information content (AvgIpc) is 3.42. The maximum absolute atomic E-state index is 15.5. The number of halogens is 1. The zero-order valence-corrected chi connectivity index (χ0v) is 21.7. The van der Waals surface area contributed by atoms with Gasteiger partial charge in [0.15, 0.2) is 11.6 Å². The van der Waals surface area contributed by atoms with Gasteiger partial charge in [-0.1, -0.05) is 18.2 Å². The molecule has 10 heteroatoms. The van der Waals surface area contributed by atoms with Gasteiger partial charge in [-0.05, 0) is 43.2 Å². The third-order valence-electron chi connectivity index (χ3n) is 7.01. The monoisotopic (exact) mass is 532 g/mol. The molecule has 0 amide bonds. The number of fused-ring (bicyclic) bond motifs is 1. The molecule has 0 radical (unpaired) electrons. The number of rotatable bonds is 9. The Hall–Kier alpha value is -4.60. The Morgan fingerprint density at radius 2 is 1.95 bits per heavy atom. The van der Waals surface area contributed by atoms with Crippen LogP contribution in [-0.4, -0.2) is 54.0 Å². The van der Waals surface area contributed by atoms with Gasteiger partial charge in [0.05, 0.1) is 26.2 Å². The number of para-hydroxylation sites is 1. The van der Waals surface area contributed by atoms with Gasteiger partial charge in [-0.25, -0.2) is 14.2 Å². The molecule has 4 aromatic rings. The summed E-state index contributed by atoms with van der Waals surface area (Å²) in [6, 6.07) is 16.1. The van der Waals surface area contributed by atoms with Crippen molar-refractivity contribution in [2.24, 2.45) is 0 Å². The second-order valence-corrected chi connectivity index (χ2v) is 9.38. The highest BCUT2D eigenvalue weighted by Gasteiger charge is 2.29. The lowest BCUT2D eigenvalue weighted by molar-refractivity contribution is 0.0695. The molecular weight excluding hydrogens is 503 g/mol. The van der Waals surface area contributed by atoms with Crippen LogP contribution in [0, 0.1) is 5.82 Å². The number of ether oxygens (including phenoxy) is 2. The first-order valence-corrected chi connectivity index (χ1v) is 12.6. The lowest BCUT2D eigenvalue weighted by Crippen LogP contribution is -2.36. The molecule has 0 aliphatic carbocycles. The first-order valence-electron chi connectivity index (χ1n) is 12.6. The van der Waals surface area contributed by atoms with E-state index in [0.717, 1.165) is 24.6 Å². The zero-order valence-electron chi connectivity index (χ0n) is 21.7. The summed E-state index contributed by atoms with van der Waals surface area (Å²) >= 11 is 0. The number of carboxylic acids is 1. The topological polar surface area (TPSA) is 106 Å². The highest BCUT2D eigenvalue weighted by atomic mass is 19.1. The third kappa shape index (κ3) is 5.22. The summed E-state index contributed by atoms with van der Waals surface area (Å²) in [6.07, 6.45) is 2.98. The molecule has 1 aliphatic rings. The number of benzene rings is 2. The van der Waals surface area contributed by atoms with Crippen molar-refractivity contribution in [3.8, 4) is 11.5 Å². The number of methoxy groups -OCH3 is 2. The number of pyridine rings is 2. The van der Waals surface area contributed by atoms with E-state index in [1.165, 1.54) is 13.3 Å². The highest BCUT2D eigenvalue weighted by molar-refractivity contribution is 5.92. The molecule has 2 aromatic heterocycles. The molecule has 2 N–H and O–H groups in total. The number of aromatic nitrogens is 2. The number of hydrogen-bond donors (Lipinski definition) is 2. The quantitative estimate of drug-likeness (QED) is 0.327. The molecular formula is C29H29FN4O5. The van der Waals surface area contributed by atoms with Gasteiger partial charge in [0, 0.05) is 42.6 Å². The predicted molar refractivity (Wildman–Crippen MR) is 147 cm³/mol. The minimum atomic E-state index is -1.39. The van der Waals surface area contributed by atoms with Crippen molar-refractivity contribution in [2.75, 3.05) is 37.5 Å². The summed E-state index contributed by atoms with van der Waals surface area (Å²) < 4.78 is 27.9. The van der Waals surface area contributed by atoms with Crippen LogP contribution in [0.15, 0.2) is 65.6 Å². The Kier molecular flexibility index (Phi) is 7.36. The Balaban J connectivity index is 1.57. The van der Waals surface area contributed by atoms with Crippen molar-refractivity contribution >= 4 is 28.5 Å². The van der Waals surface area contributed by atoms with Crippen molar-refractivity contribution in [3.63, 3.8) is 0 Å². The smallest absolute Gasteiger partial charge is 0.341 e. The molecule has 0 bridgehead atoms. The molecule has 9 nitrogen and oxygen atoms in total. The Labute approximate surface area is 224 Å². The van der Waals surface area contributed by atoms with Crippen LogP contribution in [0.1, 0.15) is 28.8 Å². The minimum Gasteiger partial charge on any atom is -0.497 e. The van der Waals surface area contributed by atoms with E-state index in [4.69, 9.17) is 9.47 Å². The summed E-state index contributed by atoms with van der Waals surface area (Å²) in [7, 11) is 3.07. The molecule has 1 atom stereocenters. The van der Waals surface area contributed by atoms with Crippen LogP contribution in [0.5, 0.6) is 11.5 Å². The largest absolute Gasteiger partial charge is 0.497 e. The molecule has 0 spiro atoms. The summed E-state index contributed by atoms with van der Waals surface area (Å²) in [4.78, 5) is 31.5. The standard InChI is InChI=1S/C29H29FN4O5/c1-38-21-11-10-18(25(13-21)39-2)16-33-17-23(29(36)37)26(35)22-14-24(30)28(32-27(22)33)34-12-6-9-20(34)15-31-19-7-4-3-5-8-19/h3-5,7-8,10-11,13-14,17,20,31H,6,9,12,15-16H2,1-2H3,(H,36,37)/t20-/m0/s1. The summed E-state index contributed by atoms with van der Waals surface area (Å²) in [5.74, 6) is -0.807. The molecule has 5 rings (SSSR count). The molecule has 0 saturated carbocycles. The molecule has 3 heterocycles. The van der Waals surface area contributed by atoms with E-state index in [0.29, 0.717) is 30.2 Å². The number of nitrogens with one attached hydrogen (secondary N) is 1. The lowest BCUT2D eigenvalue weighted by atomic mass is 10.1. The maximum atomic E-state index is 15.5. The third-order valence-corrected chi connectivity index (χ3v) is 7.01. The number of carbonyl (C=O) groups is 1. The van der Waals surface area contributed by atoms with E-state index in [-0.39, 0.29) is 29.4 Å². The summed E-state index contributed by atoms with van der Waals surface area (Å²) in [5, 5.41) is 13.0. The van der Waals surface area contributed by atoms with Gasteiger partial charge in [0.1, 0.15) is 22.7 Å². The number of hydrogen-bond acceptors (Lipinski definition) is 7. The van der Waals surface area contributed by atoms with E-state index >= 15 is 4.39 Å². The Morgan fingerprint density at radius 1 is 1.15 bits per heavy atom. The summed E-state index contributed by atoms with van der Waals surface area (Å²) in [6.45, 7) is 1.35. The molecule has 2 aromatic carbocycles. The highest BCUT2D eigenvalue weighted by Crippen LogP contribution is 2.30. The van der Waals surface area contributed by atoms with Crippen LogP contribution in [0.25, 0.3) is 11.0 Å². The van der Waals surface area contributed by atoms with Crippen LogP contribution < -0.4 is 25.1 Å². The van der Waals surface area contributed by atoms with Crippen molar-refractivity contribution in [1.29, 1.82) is 0 Å². The predicted octanol–water partition coefficient (Wildman–Crippen LogP) is 4.38. The van der Waals surface area contributed by atoms with E-state index in [9.17, 15) is 14.7 Å². The minimum absolute atomic E-state index is 0.00944. The Bertz CT molecular complexity index is 1570. The van der Waals surface area contributed by atoms with Gasteiger partial charge in [-0.2, -0.15) is 0 Å². The van der Waals surface area contributed by atoms with E-state index in [2.05, 4.69) is 10.3 Å². The van der Waals surface area contributed by atoms with Gasteiger partial charge < -0.3 is 29.4 Å². The van der Waals surface area contributed by atoms with Gasteiger partial charge in [-0.3, -0.25) is 4.79 Å². The fraction of sp³-hybridized carbons (Fsp3) is 0.276. The zero-order chi connectivity index (χ0) is 27.5. The van der Waals surface area contributed by atoms with Crippen LogP contribution >= 0.6 is 0 Å². The van der Waals surface area contributed by atoms with Crippen molar-refractivity contribution in [2.45, 2.75) is 25.4 Å². The average molecular weight is 533 g/mol. The molecule has 202 valence electrons. The fourth-order valence-electron chi connectivity index (χ4n) is 5.04. The van der Waals surface area contributed by atoms with Crippen LogP contribution in [0.4, 0.5) is 15.9 Å². The van der Waals surface area contributed by atoms with Crippen LogP contribution in [0.3, 0.4) is 0 Å². The van der Waals surface area contributed by atoms with E-state index in [1.807, 2.05) is 35.2 Å². The molecule has 39 heavy (non-hydrogen) atoms. The SMILES string of the molecule is COc1ccc(Cn2cc(C(=O)O)c(=O)c3cc(F)c(N4CCC[C@H]4CNc4ccccc4)nc32)c(OC)c1. The second kappa shape index (κ2) is 11.0. The Morgan fingerprint density at radius 3 is 2.67 bits per heavy atom. The second-order valence-electron chi connectivity index (χ2n) is 9.38. The molecule has 1 fully saturated rings. The molecule has 1 saturated heterocycles. The number of nitrogens with zero attached hydrogens (tertiary/aromatic N) is 3. The number of aromatic carboxylic acids is 1. The van der Waals surface area contributed by atoms with Gasteiger partial charge >= 0.3 is 5.97 Å². The maximum Gasteiger partial charge on any atom is 0.341 e. The van der Waals surface area contributed by atoms with Crippen molar-refractivity contribution < 1.29 is 23.8 Å². The van der Waals surface area contributed by atoms with Gasteiger partial charge in [0.25, 0.3) is 0 Å².